The van der Waals surface area contributed by atoms with Crippen molar-refractivity contribution < 1.29 is 14.4 Å². The molecule has 0 saturated carbocycles. The van der Waals surface area contributed by atoms with Crippen molar-refractivity contribution in [2.75, 3.05) is 11.9 Å². The van der Waals surface area contributed by atoms with E-state index in [1.807, 2.05) is 24.3 Å². The number of carbonyl (C=O) groups is 3. The highest BCUT2D eigenvalue weighted by atomic mass is 35.5. The van der Waals surface area contributed by atoms with Crippen LogP contribution in [0.15, 0.2) is 30.5 Å². The fourth-order valence-corrected chi connectivity index (χ4v) is 3.84. The van der Waals surface area contributed by atoms with E-state index in [1.165, 1.54) is 11.3 Å². The lowest BCUT2D eigenvalue weighted by molar-refractivity contribution is -0.130. The largest absolute Gasteiger partial charge is 0.325 e. The SMILES string of the molecule is CC1(C)NC(=O)N(CCCC(=O)Nc2ncc(Cc3ccc(Cl)cc3)s2)C1=O. The Balaban J connectivity index is 1.45. The van der Waals surface area contributed by atoms with Gasteiger partial charge in [-0.3, -0.25) is 14.5 Å². The van der Waals surface area contributed by atoms with Crippen molar-refractivity contribution in [1.29, 1.82) is 0 Å². The molecule has 2 heterocycles. The van der Waals surface area contributed by atoms with Crippen LogP contribution in [0, 0.1) is 0 Å². The highest BCUT2D eigenvalue weighted by Gasteiger charge is 2.43. The van der Waals surface area contributed by atoms with Gasteiger partial charge in [-0.1, -0.05) is 23.7 Å². The van der Waals surface area contributed by atoms with Crippen molar-refractivity contribution in [3.05, 3.63) is 45.9 Å². The third kappa shape index (κ3) is 4.88. The Bertz CT molecular complexity index is 895. The van der Waals surface area contributed by atoms with Crippen molar-refractivity contribution in [3.8, 4) is 0 Å². The molecule has 1 fully saturated rings. The van der Waals surface area contributed by atoms with Crippen LogP contribution in [0.3, 0.4) is 0 Å². The summed E-state index contributed by atoms with van der Waals surface area (Å²) < 4.78 is 0. The fourth-order valence-electron chi connectivity index (χ4n) is 2.85. The number of carbonyl (C=O) groups excluding carboxylic acids is 3. The standard InChI is InChI=1S/C19H21ClN4O3S/c1-19(2)16(26)24(18(27)23-19)9-3-4-15(25)22-17-21-11-14(28-17)10-12-5-7-13(20)8-6-12/h5-8,11H,3-4,9-10H2,1-2H3,(H,23,27)(H,21,22,25). The average molecular weight is 421 g/mol. The van der Waals surface area contributed by atoms with Crippen molar-refractivity contribution in [2.24, 2.45) is 0 Å². The summed E-state index contributed by atoms with van der Waals surface area (Å²) in [5.41, 5.74) is 0.225. The van der Waals surface area contributed by atoms with Gasteiger partial charge in [0.15, 0.2) is 5.13 Å². The average Bonchev–Trinajstić information content (AvgIpc) is 3.13. The molecule has 0 aliphatic carbocycles. The molecule has 0 radical (unpaired) electrons. The maximum Gasteiger partial charge on any atom is 0.325 e. The molecule has 0 spiro atoms. The normalized spacial score (nSPS) is 15.6. The number of thiazole rings is 1. The van der Waals surface area contributed by atoms with Crippen LogP contribution in [-0.2, 0) is 16.0 Å². The second kappa shape index (κ2) is 8.28. The van der Waals surface area contributed by atoms with Crippen molar-refractivity contribution in [1.82, 2.24) is 15.2 Å². The second-order valence-electron chi connectivity index (χ2n) is 7.10. The number of benzene rings is 1. The zero-order valence-corrected chi connectivity index (χ0v) is 17.2. The Morgan fingerprint density at radius 3 is 2.64 bits per heavy atom. The van der Waals surface area contributed by atoms with Gasteiger partial charge in [-0.15, -0.1) is 11.3 Å². The lowest BCUT2D eigenvalue weighted by atomic mass is 10.1. The zero-order valence-electron chi connectivity index (χ0n) is 15.6. The van der Waals surface area contributed by atoms with Crippen molar-refractivity contribution in [3.63, 3.8) is 0 Å². The third-order valence-corrected chi connectivity index (χ3v) is 5.49. The smallest absolute Gasteiger partial charge is 0.324 e. The predicted molar refractivity (Wildman–Crippen MR) is 109 cm³/mol. The first-order chi connectivity index (χ1) is 13.2. The molecule has 2 N–H and O–H groups in total. The number of imide groups is 1. The molecule has 7 nitrogen and oxygen atoms in total. The molecule has 4 amide bonds. The first-order valence-electron chi connectivity index (χ1n) is 8.88. The Hall–Kier alpha value is -2.45. The number of urea groups is 1. The molecule has 1 saturated heterocycles. The minimum atomic E-state index is -0.888. The molecular weight excluding hydrogens is 400 g/mol. The lowest BCUT2D eigenvalue weighted by Crippen LogP contribution is -2.40. The summed E-state index contributed by atoms with van der Waals surface area (Å²) in [4.78, 5) is 42.4. The van der Waals surface area contributed by atoms with Gasteiger partial charge < -0.3 is 10.6 Å². The molecule has 1 aromatic carbocycles. The molecule has 148 valence electrons. The predicted octanol–water partition coefficient (Wildman–Crippen LogP) is 3.44. The maximum absolute atomic E-state index is 12.1. The maximum atomic E-state index is 12.1. The van der Waals surface area contributed by atoms with Gasteiger partial charge in [-0.25, -0.2) is 9.78 Å². The van der Waals surface area contributed by atoms with E-state index >= 15 is 0 Å². The summed E-state index contributed by atoms with van der Waals surface area (Å²) in [5, 5.41) is 6.61. The number of nitrogens with one attached hydrogen (secondary N) is 2. The van der Waals surface area contributed by atoms with Crippen LogP contribution in [0.4, 0.5) is 9.93 Å². The molecule has 0 atom stereocenters. The number of halogens is 1. The first-order valence-corrected chi connectivity index (χ1v) is 10.1. The van der Waals surface area contributed by atoms with Crippen molar-refractivity contribution in [2.45, 2.75) is 38.6 Å². The third-order valence-electron chi connectivity index (χ3n) is 4.32. The zero-order chi connectivity index (χ0) is 20.3. The number of hydrogen-bond acceptors (Lipinski definition) is 5. The van der Waals surface area contributed by atoms with Gasteiger partial charge in [0.2, 0.25) is 5.91 Å². The molecule has 1 aliphatic rings. The quantitative estimate of drug-likeness (QED) is 0.671. The van der Waals surface area contributed by atoms with Gasteiger partial charge >= 0.3 is 6.03 Å². The molecular formula is C19H21ClN4O3S. The first kappa shape index (κ1) is 20.3. The second-order valence-corrected chi connectivity index (χ2v) is 8.65. The van der Waals surface area contributed by atoms with Crippen molar-refractivity contribution >= 4 is 45.9 Å². The van der Waals surface area contributed by atoms with Gasteiger partial charge in [0.25, 0.3) is 5.91 Å². The number of amides is 4. The number of rotatable bonds is 7. The van der Waals surface area contributed by atoms with Crippen LogP contribution in [-0.4, -0.2) is 39.8 Å². The summed E-state index contributed by atoms with van der Waals surface area (Å²) in [7, 11) is 0. The van der Waals surface area contributed by atoms with E-state index in [4.69, 9.17) is 11.6 Å². The van der Waals surface area contributed by atoms with Gasteiger partial charge in [-0.2, -0.15) is 0 Å². The highest BCUT2D eigenvalue weighted by molar-refractivity contribution is 7.15. The van der Waals surface area contributed by atoms with Crippen LogP contribution < -0.4 is 10.6 Å². The lowest BCUT2D eigenvalue weighted by Gasteiger charge is -2.15. The minimum Gasteiger partial charge on any atom is -0.324 e. The van der Waals surface area contributed by atoms with E-state index in [1.54, 1.807) is 20.0 Å². The van der Waals surface area contributed by atoms with E-state index in [-0.39, 0.29) is 24.8 Å². The molecule has 0 unspecified atom stereocenters. The van der Waals surface area contributed by atoms with E-state index in [9.17, 15) is 14.4 Å². The van der Waals surface area contributed by atoms with E-state index < -0.39 is 11.6 Å². The molecule has 1 aromatic heterocycles. The molecule has 28 heavy (non-hydrogen) atoms. The van der Waals surface area contributed by atoms with Crippen LogP contribution in [0.2, 0.25) is 5.02 Å². The molecule has 1 aliphatic heterocycles. The van der Waals surface area contributed by atoms with Crippen LogP contribution in [0.25, 0.3) is 0 Å². The number of hydrogen-bond donors (Lipinski definition) is 2. The van der Waals surface area contributed by atoms with Gasteiger partial charge in [0.1, 0.15) is 5.54 Å². The van der Waals surface area contributed by atoms with E-state index in [0.29, 0.717) is 23.0 Å². The van der Waals surface area contributed by atoms with E-state index in [0.717, 1.165) is 15.3 Å². The van der Waals surface area contributed by atoms with Gasteiger partial charge in [0.05, 0.1) is 0 Å². The summed E-state index contributed by atoms with van der Waals surface area (Å²) >= 11 is 7.30. The molecule has 3 rings (SSSR count). The fraction of sp³-hybridized carbons (Fsp3) is 0.368. The van der Waals surface area contributed by atoms with Crippen LogP contribution >= 0.6 is 22.9 Å². The van der Waals surface area contributed by atoms with Gasteiger partial charge in [0, 0.05) is 35.5 Å². The monoisotopic (exact) mass is 420 g/mol. The Morgan fingerprint density at radius 1 is 1.29 bits per heavy atom. The topological polar surface area (TPSA) is 91.4 Å². The summed E-state index contributed by atoms with van der Waals surface area (Å²) in [6.45, 7) is 3.52. The summed E-state index contributed by atoms with van der Waals surface area (Å²) in [6.07, 6.45) is 3.05. The number of nitrogens with zero attached hydrogens (tertiary/aromatic N) is 2. The van der Waals surface area contributed by atoms with Crippen LogP contribution in [0.5, 0.6) is 0 Å². The van der Waals surface area contributed by atoms with Gasteiger partial charge in [-0.05, 0) is 38.0 Å². The van der Waals surface area contributed by atoms with E-state index in [2.05, 4.69) is 15.6 Å². The summed E-state index contributed by atoms with van der Waals surface area (Å²) in [6, 6.07) is 7.18. The Kier molecular flexibility index (Phi) is 6.00. The minimum absolute atomic E-state index is 0.196. The molecule has 2 aromatic rings. The number of aromatic nitrogens is 1. The summed E-state index contributed by atoms with van der Waals surface area (Å²) in [5.74, 6) is -0.469. The Morgan fingerprint density at radius 2 is 2.00 bits per heavy atom. The number of anilines is 1. The van der Waals surface area contributed by atoms with Crippen LogP contribution in [0.1, 0.15) is 37.1 Å². The Labute approximate surface area is 172 Å². The molecule has 9 heteroatoms. The highest BCUT2D eigenvalue weighted by Crippen LogP contribution is 2.22. The molecule has 0 bridgehead atoms.